The van der Waals surface area contributed by atoms with E-state index < -0.39 is 0 Å². The zero-order valence-corrected chi connectivity index (χ0v) is 8.07. The van der Waals surface area contributed by atoms with Crippen LogP contribution in [0.3, 0.4) is 0 Å². The molecule has 0 spiro atoms. The van der Waals surface area contributed by atoms with Gasteiger partial charge in [0.2, 0.25) is 0 Å². The largest absolute Gasteiger partial charge is 0.396 e. The van der Waals surface area contributed by atoms with Crippen LogP contribution in [0.1, 0.15) is 12.0 Å². The summed E-state index contributed by atoms with van der Waals surface area (Å²) in [7, 11) is 0. The fourth-order valence-electron chi connectivity index (χ4n) is 1.00. The number of aliphatic hydroxyl groups is 1. The average Bonchev–Trinajstić information content (AvgIpc) is 2.07. The van der Waals surface area contributed by atoms with E-state index in [1.165, 1.54) is 0 Å². The highest BCUT2D eigenvalue weighted by Crippen LogP contribution is 2.21. The molecule has 1 aromatic carbocycles. The average molecular weight is 205 g/mol. The third-order valence-electron chi connectivity index (χ3n) is 1.61. The minimum atomic E-state index is 0.183. The van der Waals surface area contributed by atoms with Gasteiger partial charge in [-0.15, -0.1) is 0 Å². The number of hydrogen-bond acceptors (Lipinski definition) is 1. The summed E-state index contributed by atoms with van der Waals surface area (Å²) in [5, 5.41) is 10.0. The Bertz CT molecular complexity index is 261. The third kappa shape index (κ3) is 2.67. The quantitative estimate of drug-likeness (QED) is 0.804. The van der Waals surface area contributed by atoms with Crippen molar-refractivity contribution >= 4 is 23.2 Å². The van der Waals surface area contributed by atoms with Gasteiger partial charge < -0.3 is 5.11 Å². The molecular weight excluding hydrogens is 195 g/mol. The Morgan fingerprint density at radius 2 is 2.00 bits per heavy atom. The highest BCUT2D eigenvalue weighted by molar-refractivity contribution is 6.33. The summed E-state index contributed by atoms with van der Waals surface area (Å²) < 4.78 is 0. The van der Waals surface area contributed by atoms with Gasteiger partial charge >= 0.3 is 0 Å². The Morgan fingerprint density at radius 3 is 2.67 bits per heavy atom. The minimum absolute atomic E-state index is 0.183. The van der Waals surface area contributed by atoms with E-state index in [2.05, 4.69) is 0 Å². The van der Waals surface area contributed by atoms with Crippen molar-refractivity contribution in [3.05, 3.63) is 33.8 Å². The van der Waals surface area contributed by atoms with Crippen LogP contribution in [0.25, 0.3) is 0 Å². The molecule has 66 valence electrons. The monoisotopic (exact) mass is 204 g/mol. The van der Waals surface area contributed by atoms with Gasteiger partial charge in [0.15, 0.2) is 0 Å². The van der Waals surface area contributed by atoms with Crippen LogP contribution in [0.15, 0.2) is 18.2 Å². The van der Waals surface area contributed by atoms with E-state index in [-0.39, 0.29) is 6.61 Å². The van der Waals surface area contributed by atoms with E-state index >= 15 is 0 Å². The van der Waals surface area contributed by atoms with Gasteiger partial charge in [-0.2, -0.15) is 0 Å². The Hall–Kier alpha value is -0.240. The number of halogens is 2. The lowest BCUT2D eigenvalue weighted by Gasteiger charge is -2.02. The van der Waals surface area contributed by atoms with Crippen molar-refractivity contribution in [1.82, 2.24) is 0 Å². The summed E-state index contributed by atoms with van der Waals surface area (Å²) in [6, 6.07) is 5.36. The Balaban J connectivity index is 2.75. The topological polar surface area (TPSA) is 20.2 Å². The molecule has 1 nitrogen and oxygen atoms in total. The highest BCUT2D eigenvalue weighted by atomic mass is 35.5. The lowest BCUT2D eigenvalue weighted by atomic mass is 10.1. The van der Waals surface area contributed by atoms with Crippen molar-refractivity contribution in [3.63, 3.8) is 0 Å². The van der Waals surface area contributed by atoms with Gasteiger partial charge in [-0.05, 0) is 36.6 Å². The molecule has 1 N–H and O–H groups in total. The summed E-state index contributed by atoms with van der Waals surface area (Å²) in [6.45, 7) is 0.183. The van der Waals surface area contributed by atoms with Crippen molar-refractivity contribution in [3.8, 4) is 0 Å². The summed E-state index contributed by atoms with van der Waals surface area (Å²) in [6.07, 6.45) is 1.50. The molecule has 0 radical (unpaired) electrons. The fourth-order valence-corrected chi connectivity index (χ4v) is 1.41. The molecule has 0 aromatic heterocycles. The molecule has 0 saturated heterocycles. The summed E-state index contributed by atoms with van der Waals surface area (Å²) >= 11 is 11.7. The fraction of sp³-hybridized carbons (Fsp3) is 0.333. The molecular formula is C9H10Cl2O. The molecule has 1 aromatic rings. The van der Waals surface area contributed by atoms with E-state index in [1.807, 2.05) is 6.07 Å². The smallest absolute Gasteiger partial charge is 0.0439 e. The third-order valence-corrected chi connectivity index (χ3v) is 2.22. The first-order valence-electron chi connectivity index (χ1n) is 3.79. The van der Waals surface area contributed by atoms with E-state index in [9.17, 15) is 0 Å². The first kappa shape index (κ1) is 9.85. The van der Waals surface area contributed by atoms with Crippen LogP contribution >= 0.6 is 23.2 Å². The predicted molar refractivity (Wildman–Crippen MR) is 51.9 cm³/mol. The van der Waals surface area contributed by atoms with Crippen LogP contribution in [-0.2, 0) is 6.42 Å². The molecule has 1 rings (SSSR count). The van der Waals surface area contributed by atoms with Gasteiger partial charge in [-0.25, -0.2) is 0 Å². The maximum Gasteiger partial charge on any atom is 0.0439 e. The molecule has 0 aliphatic carbocycles. The zero-order valence-electron chi connectivity index (χ0n) is 6.56. The summed E-state index contributed by atoms with van der Waals surface area (Å²) in [5.41, 5.74) is 0.998. The van der Waals surface area contributed by atoms with E-state index in [4.69, 9.17) is 28.3 Å². The number of hydrogen-bond donors (Lipinski definition) is 1. The highest BCUT2D eigenvalue weighted by Gasteiger charge is 2.00. The first-order chi connectivity index (χ1) is 5.74. The van der Waals surface area contributed by atoms with Crippen LogP contribution in [0.2, 0.25) is 10.0 Å². The van der Waals surface area contributed by atoms with Crippen LogP contribution in [0.4, 0.5) is 0 Å². The van der Waals surface area contributed by atoms with Crippen molar-refractivity contribution < 1.29 is 5.11 Å². The van der Waals surface area contributed by atoms with Gasteiger partial charge in [-0.1, -0.05) is 23.2 Å². The van der Waals surface area contributed by atoms with E-state index in [0.717, 1.165) is 18.4 Å². The maximum absolute atomic E-state index is 8.61. The standard InChI is InChI=1S/C9H10Cl2O/c10-8-3-4-9(11)7(6-8)2-1-5-12/h3-4,6,12H,1-2,5H2. The summed E-state index contributed by atoms with van der Waals surface area (Å²) in [5.74, 6) is 0. The lowest BCUT2D eigenvalue weighted by molar-refractivity contribution is 0.288. The van der Waals surface area contributed by atoms with Crippen LogP contribution < -0.4 is 0 Å². The Kier molecular flexibility index (Phi) is 3.86. The molecule has 0 saturated carbocycles. The Morgan fingerprint density at radius 1 is 1.25 bits per heavy atom. The van der Waals surface area contributed by atoms with Gasteiger partial charge in [0.25, 0.3) is 0 Å². The molecule has 0 aliphatic heterocycles. The van der Waals surface area contributed by atoms with Crippen LogP contribution in [0, 0.1) is 0 Å². The zero-order chi connectivity index (χ0) is 8.97. The van der Waals surface area contributed by atoms with E-state index in [1.54, 1.807) is 12.1 Å². The van der Waals surface area contributed by atoms with Gasteiger partial charge in [0.1, 0.15) is 0 Å². The van der Waals surface area contributed by atoms with Crippen LogP contribution in [0.5, 0.6) is 0 Å². The number of aliphatic hydroxyl groups excluding tert-OH is 1. The van der Waals surface area contributed by atoms with Crippen LogP contribution in [-0.4, -0.2) is 11.7 Å². The number of benzene rings is 1. The molecule has 0 bridgehead atoms. The maximum atomic E-state index is 8.61. The molecule has 0 heterocycles. The number of aryl methyl sites for hydroxylation is 1. The molecule has 0 aliphatic rings. The minimum Gasteiger partial charge on any atom is -0.396 e. The Labute approximate surface area is 81.9 Å². The van der Waals surface area contributed by atoms with Gasteiger partial charge in [0.05, 0.1) is 0 Å². The molecule has 0 unspecified atom stereocenters. The van der Waals surface area contributed by atoms with Crippen molar-refractivity contribution in [2.45, 2.75) is 12.8 Å². The van der Waals surface area contributed by atoms with Gasteiger partial charge in [-0.3, -0.25) is 0 Å². The van der Waals surface area contributed by atoms with Crippen molar-refractivity contribution in [2.24, 2.45) is 0 Å². The molecule has 12 heavy (non-hydrogen) atoms. The number of rotatable bonds is 3. The lowest BCUT2D eigenvalue weighted by Crippen LogP contribution is -1.90. The normalized spacial score (nSPS) is 10.2. The molecule has 3 heteroatoms. The van der Waals surface area contributed by atoms with Gasteiger partial charge in [0, 0.05) is 16.7 Å². The van der Waals surface area contributed by atoms with Crippen molar-refractivity contribution in [1.29, 1.82) is 0 Å². The van der Waals surface area contributed by atoms with E-state index in [0.29, 0.717) is 10.0 Å². The molecule has 0 atom stereocenters. The second-order valence-electron chi connectivity index (χ2n) is 2.56. The predicted octanol–water partition coefficient (Wildman–Crippen LogP) is 2.92. The van der Waals surface area contributed by atoms with Crippen molar-refractivity contribution in [2.75, 3.05) is 6.61 Å². The second kappa shape index (κ2) is 4.70. The molecule has 0 amide bonds. The molecule has 0 fully saturated rings. The SMILES string of the molecule is OCCCc1cc(Cl)ccc1Cl. The summed E-state index contributed by atoms with van der Waals surface area (Å²) in [4.78, 5) is 0. The first-order valence-corrected chi connectivity index (χ1v) is 4.54. The second-order valence-corrected chi connectivity index (χ2v) is 3.41.